The summed E-state index contributed by atoms with van der Waals surface area (Å²) >= 11 is 0. The van der Waals surface area contributed by atoms with Crippen LogP contribution in [0.25, 0.3) is 113 Å². The lowest BCUT2D eigenvalue weighted by atomic mass is 9.92. The van der Waals surface area contributed by atoms with E-state index in [1.165, 1.54) is 141 Å². The fraction of sp³-hybridized carbons (Fsp3) is 0.294. The van der Waals surface area contributed by atoms with E-state index in [9.17, 15) is 0 Å². The van der Waals surface area contributed by atoms with E-state index in [-0.39, 0.29) is 6.17 Å². The molecule has 0 unspecified atom stereocenters. The van der Waals surface area contributed by atoms with Crippen LogP contribution in [-0.4, -0.2) is 35.7 Å². The molecule has 0 amide bonds. The summed E-state index contributed by atoms with van der Waals surface area (Å²) in [5.74, 6) is 2.91. The Bertz CT molecular complexity index is 6400. The molecule has 618 valence electrons. The van der Waals surface area contributed by atoms with Crippen molar-refractivity contribution in [2.45, 2.75) is 180 Å². The van der Waals surface area contributed by atoms with Gasteiger partial charge in [-0.05, 0) is 247 Å². The maximum absolute atomic E-state index is 6.49. The zero-order valence-electron chi connectivity index (χ0n) is 76.2. The lowest BCUT2D eigenvalue weighted by Gasteiger charge is -2.28. The molecule has 0 saturated carbocycles. The van der Waals surface area contributed by atoms with E-state index < -0.39 is 0 Å². The van der Waals surface area contributed by atoms with E-state index in [2.05, 4.69) is 462 Å². The van der Waals surface area contributed by atoms with Gasteiger partial charge in [0.15, 0.2) is 17.5 Å². The number of rotatable bonds is 16. The molecule has 12 nitrogen and oxygen atoms in total. The van der Waals surface area contributed by atoms with Crippen molar-refractivity contribution in [3.63, 3.8) is 0 Å². The quantitative estimate of drug-likeness (QED) is 0.0904. The van der Waals surface area contributed by atoms with Gasteiger partial charge in [-0.2, -0.15) is 18.8 Å². The minimum absolute atomic E-state index is 0.247. The van der Waals surface area contributed by atoms with Crippen LogP contribution in [0.2, 0.25) is 0 Å². The van der Waals surface area contributed by atoms with Crippen molar-refractivity contribution >= 4 is 39.1 Å². The molecule has 1 aliphatic rings. The first-order valence-electron chi connectivity index (χ1n) is 43.5. The molecule has 0 aliphatic carbocycles. The minimum Gasteiger partial charge on any atom is -0.455 e. The van der Waals surface area contributed by atoms with Crippen LogP contribution in [0.15, 0.2) is 266 Å². The Balaban J connectivity index is 0.000000134. The van der Waals surface area contributed by atoms with Crippen molar-refractivity contribution in [3.05, 3.63) is 323 Å². The zero-order valence-corrected chi connectivity index (χ0v) is 76.2. The molecular weight excluding hydrogens is 1480 g/mol. The second-order valence-electron chi connectivity index (χ2n) is 35.0. The van der Waals surface area contributed by atoms with Crippen LogP contribution in [0, 0.1) is 48.5 Å². The summed E-state index contributed by atoms with van der Waals surface area (Å²) in [5, 5.41) is 6.84. The average Bonchev–Trinajstić information content (AvgIpc) is 1.67. The Morgan fingerprint density at radius 2 is 0.777 bits per heavy atom. The van der Waals surface area contributed by atoms with E-state index in [1.807, 2.05) is 24.7 Å². The van der Waals surface area contributed by atoms with E-state index in [4.69, 9.17) is 4.42 Å². The Morgan fingerprint density at radius 3 is 1.26 bits per heavy atom. The average molecular weight is 1610 g/mol. The highest BCUT2D eigenvalue weighted by molar-refractivity contribution is 6.09. The third-order valence-electron chi connectivity index (χ3n) is 24.8. The van der Waals surface area contributed by atoms with Gasteiger partial charge in [0.1, 0.15) is 55.1 Å². The highest BCUT2D eigenvalue weighted by Crippen LogP contribution is 2.46. The van der Waals surface area contributed by atoms with Gasteiger partial charge >= 0.3 is 0 Å². The SMILES string of the molecule is Cc1cc(-c2cccc(N3c4ccccc4N(C(C)C)[C@H]3C)[n+]2C)n(C)n1.Cc1ccc2c(oc3ccccc32)c1-c1cccc(-c2c(C)ccn2-c2c(C(C)C)cccc2C(C)C)[n+]1C.Cc1ccccc1-c1cccc(-c2c(C)ccn2-c2c(C(C)C)cccc2C(C)C)[n+]1C.Cc1ccccc1-c1cccc(-c2c(C)ccn2C(C)C)[n+]1C. The Hall–Kier alpha value is -12.4. The number of hydrogen-bond donors (Lipinski definition) is 0. The number of furan rings is 1. The van der Waals surface area contributed by atoms with Gasteiger partial charge in [-0.25, -0.2) is 9.47 Å². The second-order valence-corrected chi connectivity index (χ2v) is 35.0. The van der Waals surface area contributed by atoms with Crippen molar-refractivity contribution in [2.24, 2.45) is 35.2 Å². The molecule has 17 rings (SSSR count). The van der Waals surface area contributed by atoms with E-state index in [0.29, 0.717) is 35.8 Å². The first kappa shape index (κ1) is 85.0. The zero-order chi connectivity index (χ0) is 86.3. The monoisotopic (exact) mass is 1600 g/mol. The summed E-state index contributed by atoms with van der Waals surface area (Å²) in [4.78, 5) is 4.91. The fourth-order valence-electron chi connectivity index (χ4n) is 18.5. The summed E-state index contributed by atoms with van der Waals surface area (Å²) in [5.41, 5.74) is 38.4. The van der Waals surface area contributed by atoms with Gasteiger partial charge in [0.05, 0.1) is 35.4 Å². The number of fused-ring (bicyclic) bond motifs is 4. The van der Waals surface area contributed by atoms with Gasteiger partial charge in [-0.15, -0.1) is 0 Å². The smallest absolute Gasteiger partial charge is 0.283 e. The van der Waals surface area contributed by atoms with Crippen LogP contribution in [0.5, 0.6) is 0 Å². The molecule has 7 aromatic carbocycles. The topological polar surface area (TPSA) is 67.8 Å². The first-order chi connectivity index (χ1) is 58.0. The molecule has 12 heteroatoms. The molecule has 9 aromatic heterocycles. The molecule has 10 heterocycles. The summed E-state index contributed by atoms with van der Waals surface area (Å²) in [6.45, 7) is 44.8. The molecule has 0 N–H and O–H groups in total. The van der Waals surface area contributed by atoms with Crippen molar-refractivity contribution in [3.8, 4) is 90.7 Å². The molecule has 0 radical (unpaired) electrons. The predicted molar refractivity (Wildman–Crippen MR) is 505 cm³/mol. The molecule has 121 heavy (non-hydrogen) atoms. The van der Waals surface area contributed by atoms with Crippen LogP contribution < -0.4 is 28.1 Å². The van der Waals surface area contributed by atoms with Gasteiger partial charge in [-0.1, -0.05) is 171 Å². The van der Waals surface area contributed by atoms with Gasteiger partial charge in [-0.3, -0.25) is 4.68 Å². The molecule has 0 fully saturated rings. The minimum atomic E-state index is 0.247. The van der Waals surface area contributed by atoms with Gasteiger partial charge in [0.2, 0.25) is 34.2 Å². The number of benzene rings is 7. The van der Waals surface area contributed by atoms with Crippen molar-refractivity contribution in [2.75, 3.05) is 9.80 Å². The number of aryl methyl sites for hydroxylation is 8. The lowest BCUT2D eigenvalue weighted by Crippen LogP contribution is -2.47. The van der Waals surface area contributed by atoms with Crippen molar-refractivity contribution in [1.82, 2.24) is 23.5 Å². The molecule has 0 spiro atoms. The van der Waals surface area contributed by atoms with E-state index in [1.54, 1.807) is 0 Å². The summed E-state index contributed by atoms with van der Waals surface area (Å²) in [7, 11) is 10.7. The van der Waals surface area contributed by atoms with Crippen LogP contribution in [0.4, 0.5) is 17.2 Å². The van der Waals surface area contributed by atoms with E-state index >= 15 is 0 Å². The number of nitrogens with zero attached hydrogens (tertiary/aromatic N) is 11. The van der Waals surface area contributed by atoms with Crippen molar-refractivity contribution < 1.29 is 22.7 Å². The second kappa shape index (κ2) is 35.5. The Labute approximate surface area is 719 Å². The Morgan fingerprint density at radius 1 is 0.355 bits per heavy atom. The lowest BCUT2D eigenvalue weighted by molar-refractivity contribution is -0.649. The molecule has 1 aliphatic heterocycles. The number of hydrogen-bond acceptors (Lipinski definition) is 4. The highest BCUT2D eigenvalue weighted by Gasteiger charge is 2.43. The molecule has 0 bridgehead atoms. The first-order valence-corrected chi connectivity index (χ1v) is 43.5. The molecule has 16 aromatic rings. The normalized spacial score (nSPS) is 12.7. The van der Waals surface area contributed by atoms with E-state index in [0.717, 1.165) is 50.3 Å². The molecular formula is C109H125N11O+4. The van der Waals surface area contributed by atoms with Crippen LogP contribution in [0.3, 0.4) is 0 Å². The van der Waals surface area contributed by atoms with Crippen molar-refractivity contribution in [1.29, 1.82) is 0 Å². The molecule has 1 atom stereocenters. The van der Waals surface area contributed by atoms with Gasteiger partial charge in [0, 0.05) is 102 Å². The predicted octanol–water partition coefficient (Wildman–Crippen LogP) is 25.7. The number of pyridine rings is 4. The fourth-order valence-corrected chi connectivity index (χ4v) is 18.5. The molecule has 0 saturated heterocycles. The summed E-state index contributed by atoms with van der Waals surface area (Å²) in [6.07, 6.45) is 6.93. The van der Waals surface area contributed by atoms with Crippen LogP contribution in [-0.2, 0) is 35.2 Å². The number of aromatic nitrogens is 9. The largest absolute Gasteiger partial charge is 0.455 e. The third kappa shape index (κ3) is 16.3. The highest BCUT2D eigenvalue weighted by atomic mass is 16.3. The Kier molecular flexibility index (Phi) is 24.9. The summed E-state index contributed by atoms with van der Waals surface area (Å²) in [6, 6.07) is 88.2. The number of para-hydroxylation sites is 5. The summed E-state index contributed by atoms with van der Waals surface area (Å²) < 4.78 is 24.9. The van der Waals surface area contributed by atoms with Crippen LogP contribution >= 0.6 is 0 Å². The third-order valence-corrected chi connectivity index (χ3v) is 24.8. The van der Waals surface area contributed by atoms with Crippen LogP contribution in [0.1, 0.15) is 181 Å². The standard InChI is InChI=1S/C36H37N2O.C30H35N2.C22H28N5.C21H25N2/c1-22(2)26-13-10-14-27(23(3)4)35(26)38-21-20-25(6)34(38)31-16-11-15-30(37(31)7)33-24(5)18-19-29-28-12-8-9-17-32(28)39-36(29)33;1-20(2)24-14-10-15-25(21(3)4)30(24)32-19-18-23(6)29(32)28-17-11-16-27(31(28)7)26-13-9-8-12-22(26)5;1-15(2)26-17(4)27(20-11-8-7-10-19(20)26)22-13-9-12-18(24(22)5)21-14-16(3)23-25(21)6;1-15(2)23-14-13-17(4)21(23)20-12-8-11-19(22(20)5)18-10-7-6-9-16(18)3/h8-23H,1-7H3;8-21H,1-7H3;7-15,17H,1-6H3;6-15H,1-5H3/q4*+1/t;;17-;/m..1./s1. The maximum atomic E-state index is 6.49. The van der Waals surface area contributed by atoms with Gasteiger partial charge < -0.3 is 23.0 Å². The maximum Gasteiger partial charge on any atom is 0.283 e. The number of anilines is 3. The van der Waals surface area contributed by atoms with Gasteiger partial charge in [0.25, 0.3) is 5.82 Å².